The summed E-state index contributed by atoms with van der Waals surface area (Å²) in [5.74, 6) is 8.21. The Hall–Kier alpha value is -1.58. The Kier molecular flexibility index (Phi) is 4.31. The van der Waals surface area contributed by atoms with Crippen molar-refractivity contribution in [3.05, 3.63) is 58.0 Å². The Bertz CT molecular complexity index is 582. The van der Waals surface area contributed by atoms with E-state index in [1.54, 1.807) is 0 Å². The molecule has 0 aliphatic rings. The summed E-state index contributed by atoms with van der Waals surface area (Å²) in [6, 6.07) is 8.58. The standard InChI is InChI=1S/C17H24N2O/c1-10(2)14-6-8-15(9-7-14)17(19-18)16-11(3)12(4)20-13(16)5/h6-10,17,19H,18H2,1-5H3. The minimum absolute atomic E-state index is 0.0336. The molecule has 3 N–H and O–H groups in total. The second kappa shape index (κ2) is 5.81. The highest BCUT2D eigenvalue weighted by atomic mass is 16.3. The molecule has 0 radical (unpaired) electrons. The van der Waals surface area contributed by atoms with Gasteiger partial charge in [-0.05, 0) is 43.4 Å². The number of furan rings is 1. The first-order chi connectivity index (χ1) is 9.45. The summed E-state index contributed by atoms with van der Waals surface area (Å²) < 4.78 is 5.72. The van der Waals surface area contributed by atoms with Crippen LogP contribution in [-0.4, -0.2) is 0 Å². The number of benzene rings is 1. The molecule has 1 aromatic carbocycles. The van der Waals surface area contributed by atoms with Gasteiger partial charge in [0.25, 0.3) is 0 Å². The maximum Gasteiger partial charge on any atom is 0.106 e. The third kappa shape index (κ3) is 2.65. The van der Waals surface area contributed by atoms with Crippen LogP contribution in [0.1, 0.15) is 59.6 Å². The van der Waals surface area contributed by atoms with Crippen LogP contribution in [-0.2, 0) is 0 Å². The fourth-order valence-electron chi connectivity index (χ4n) is 2.65. The Morgan fingerprint density at radius 1 is 0.950 bits per heavy atom. The minimum atomic E-state index is -0.0336. The van der Waals surface area contributed by atoms with Gasteiger partial charge in [0, 0.05) is 5.56 Å². The van der Waals surface area contributed by atoms with Crippen molar-refractivity contribution in [1.82, 2.24) is 5.43 Å². The third-order valence-electron chi connectivity index (χ3n) is 4.01. The normalized spacial score (nSPS) is 12.9. The van der Waals surface area contributed by atoms with Crippen LogP contribution in [0, 0.1) is 20.8 Å². The van der Waals surface area contributed by atoms with Gasteiger partial charge in [0.1, 0.15) is 11.5 Å². The lowest BCUT2D eigenvalue weighted by atomic mass is 9.93. The van der Waals surface area contributed by atoms with Crippen molar-refractivity contribution >= 4 is 0 Å². The van der Waals surface area contributed by atoms with E-state index in [2.05, 4.69) is 50.5 Å². The van der Waals surface area contributed by atoms with Gasteiger partial charge in [-0.1, -0.05) is 38.1 Å². The first-order valence-corrected chi connectivity index (χ1v) is 7.08. The molecule has 2 rings (SSSR count). The van der Waals surface area contributed by atoms with Crippen molar-refractivity contribution in [3.63, 3.8) is 0 Å². The zero-order valence-corrected chi connectivity index (χ0v) is 12.9. The molecule has 3 nitrogen and oxygen atoms in total. The molecule has 1 atom stereocenters. The van der Waals surface area contributed by atoms with Crippen molar-refractivity contribution in [2.24, 2.45) is 5.84 Å². The molecule has 0 amide bonds. The quantitative estimate of drug-likeness (QED) is 0.656. The van der Waals surface area contributed by atoms with Gasteiger partial charge in [0.15, 0.2) is 0 Å². The monoisotopic (exact) mass is 272 g/mol. The Morgan fingerprint density at radius 3 is 1.90 bits per heavy atom. The van der Waals surface area contributed by atoms with Gasteiger partial charge >= 0.3 is 0 Å². The fraction of sp³-hybridized carbons (Fsp3) is 0.412. The number of hydrogen-bond acceptors (Lipinski definition) is 3. The summed E-state index contributed by atoms with van der Waals surface area (Å²) in [5.41, 5.74) is 7.72. The maximum atomic E-state index is 5.79. The van der Waals surface area contributed by atoms with E-state index in [4.69, 9.17) is 10.3 Å². The molecule has 2 aromatic rings. The van der Waals surface area contributed by atoms with Crippen LogP contribution in [0.25, 0.3) is 0 Å². The molecule has 0 saturated carbocycles. The number of nitrogens with two attached hydrogens (primary N) is 1. The molecule has 0 saturated heterocycles. The summed E-state index contributed by atoms with van der Waals surface area (Å²) in [7, 11) is 0. The van der Waals surface area contributed by atoms with Gasteiger partial charge in [-0.15, -0.1) is 0 Å². The predicted molar refractivity (Wildman–Crippen MR) is 82.6 cm³/mol. The highest BCUT2D eigenvalue weighted by Crippen LogP contribution is 2.31. The van der Waals surface area contributed by atoms with E-state index in [0.717, 1.165) is 22.6 Å². The van der Waals surface area contributed by atoms with E-state index in [1.807, 2.05) is 13.8 Å². The summed E-state index contributed by atoms with van der Waals surface area (Å²) in [6.07, 6.45) is 0. The zero-order valence-electron chi connectivity index (χ0n) is 12.9. The van der Waals surface area contributed by atoms with Crippen LogP contribution in [0.15, 0.2) is 28.7 Å². The van der Waals surface area contributed by atoms with E-state index in [9.17, 15) is 0 Å². The summed E-state index contributed by atoms with van der Waals surface area (Å²) in [6.45, 7) is 10.4. The smallest absolute Gasteiger partial charge is 0.106 e. The van der Waals surface area contributed by atoms with E-state index < -0.39 is 0 Å². The van der Waals surface area contributed by atoms with E-state index in [1.165, 1.54) is 11.1 Å². The number of rotatable bonds is 4. The molecule has 0 aliphatic heterocycles. The van der Waals surface area contributed by atoms with Gasteiger partial charge < -0.3 is 4.42 Å². The number of hydrazine groups is 1. The van der Waals surface area contributed by atoms with Crippen LogP contribution in [0.4, 0.5) is 0 Å². The number of aryl methyl sites for hydroxylation is 2. The van der Waals surface area contributed by atoms with Crippen LogP contribution < -0.4 is 11.3 Å². The second-order valence-electron chi connectivity index (χ2n) is 5.67. The van der Waals surface area contributed by atoms with Crippen molar-refractivity contribution in [2.75, 3.05) is 0 Å². The number of hydrogen-bond donors (Lipinski definition) is 2. The molecule has 0 bridgehead atoms. The Morgan fingerprint density at radius 2 is 1.50 bits per heavy atom. The summed E-state index contributed by atoms with van der Waals surface area (Å²) in [5, 5.41) is 0. The van der Waals surface area contributed by atoms with Crippen LogP contribution in [0.2, 0.25) is 0 Å². The molecular formula is C17H24N2O. The van der Waals surface area contributed by atoms with Gasteiger partial charge in [0.2, 0.25) is 0 Å². The zero-order chi connectivity index (χ0) is 14.9. The minimum Gasteiger partial charge on any atom is -0.466 e. The average molecular weight is 272 g/mol. The van der Waals surface area contributed by atoms with E-state index >= 15 is 0 Å². The number of nitrogens with one attached hydrogen (secondary N) is 1. The van der Waals surface area contributed by atoms with Crippen LogP contribution >= 0.6 is 0 Å². The van der Waals surface area contributed by atoms with Crippen molar-refractivity contribution < 1.29 is 4.42 Å². The van der Waals surface area contributed by atoms with E-state index in [0.29, 0.717) is 5.92 Å². The van der Waals surface area contributed by atoms with Crippen molar-refractivity contribution in [1.29, 1.82) is 0 Å². The molecule has 3 heteroatoms. The molecule has 0 fully saturated rings. The predicted octanol–water partition coefficient (Wildman–Crippen LogP) is 3.88. The lowest BCUT2D eigenvalue weighted by molar-refractivity contribution is 0.494. The average Bonchev–Trinajstić information content (AvgIpc) is 2.67. The molecule has 108 valence electrons. The van der Waals surface area contributed by atoms with E-state index in [-0.39, 0.29) is 6.04 Å². The fourth-order valence-corrected chi connectivity index (χ4v) is 2.65. The maximum absolute atomic E-state index is 5.79. The molecule has 1 aromatic heterocycles. The summed E-state index contributed by atoms with van der Waals surface area (Å²) in [4.78, 5) is 0. The van der Waals surface area contributed by atoms with Gasteiger partial charge in [0.05, 0.1) is 6.04 Å². The van der Waals surface area contributed by atoms with Crippen LogP contribution in [0.5, 0.6) is 0 Å². The highest BCUT2D eigenvalue weighted by Gasteiger charge is 2.21. The first-order valence-electron chi connectivity index (χ1n) is 7.08. The summed E-state index contributed by atoms with van der Waals surface area (Å²) >= 11 is 0. The van der Waals surface area contributed by atoms with Gasteiger partial charge in [-0.25, -0.2) is 5.43 Å². The molecule has 0 aliphatic carbocycles. The van der Waals surface area contributed by atoms with Crippen LogP contribution in [0.3, 0.4) is 0 Å². The molecule has 0 spiro atoms. The van der Waals surface area contributed by atoms with Crippen molar-refractivity contribution in [2.45, 2.75) is 46.6 Å². The Balaban J connectivity index is 2.42. The van der Waals surface area contributed by atoms with Crippen molar-refractivity contribution in [3.8, 4) is 0 Å². The Labute approximate surface area is 121 Å². The molecule has 20 heavy (non-hydrogen) atoms. The first kappa shape index (κ1) is 14.8. The lowest BCUT2D eigenvalue weighted by Crippen LogP contribution is -2.29. The molecule has 1 unspecified atom stereocenters. The largest absolute Gasteiger partial charge is 0.466 e. The topological polar surface area (TPSA) is 51.2 Å². The second-order valence-corrected chi connectivity index (χ2v) is 5.67. The highest BCUT2D eigenvalue weighted by molar-refractivity contribution is 5.41. The third-order valence-corrected chi connectivity index (χ3v) is 4.01. The van der Waals surface area contributed by atoms with Gasteiger partial charge in [-0.3, -0.25) is 5.84 Å². The lowest BCUT2D eigenvalue weighted by Gasteiger charge is -2.18. The SMILES string of the molecule is Cc1oc(C)c(C(NN)c2ccc(C(C)C)cc2)c1C. The molecular weight excluding hydrogens is 248 g/mol. The van der Waals surface area contributed by atoms with Gasteiger partial charge in [-0.2, -0.15) is 0 Å². The molecule has 1 heterocycles.